The second kappa shape index (κ2) is 8.69. The van der Waals surface area contributed by atoms with E-state index in [1.165, 1.54) is 0 Å². The van der Waals surface area contributed by atoms with E-state index < -0.39 is 0 Å². The Balaban J connectivity index is 1.69. The maximum atomic E-state index is 9.42. The van der Waals surface area contributed by atoms with Gasteiger partial charge in [0.2, 0.25) is 0 Å². The number of aromatic nitrogens is 2. The van der Waals surface area contributed by atoms with Gasteiger partial charge in [0.25, 0.3) is 0 Å². The highest BCUT2D eigenvalue weighted by molar-refractivity contribution is 6.31. The largest absolute Gasteiger partial charge is 0.392 e. The molecule has 0 aliphatic carbocycles. The molecule has 0 fully saturated rings. The van der Waals surface area contributed by atoms with Crippen LogP contribution in [-0.4, -0.2) is 14.9 Å². The molecule has 0 spiro atoms. The first-order chi connectivity index (χ1) is 12.6. The van der Waals surface area contributed by atoms with Gasteiger partial charge in [-0.3, -0.25) is 0 Å². The lowest BCUT2D eigenvalue weighted by atomic mass is 10.1. The number of aliphatic hydroxyl groups excluding tert-OH is 1. The zero-order chi connectivity index (χ0) is 18.5. The average molecular weight is 390 g/mol. The molecule has 3 aromatic rings. The molecule has 2 aromatic carbocycles. The molecule has 0 unspecified atom stereocenters. The highest BCUT2D eigenvalue weighted by Crippen LogP contribution is 2.23. The molecule has 1 heterocycles. The molecule has 3 rings (SSSR count). The number of aliphatic hydroxyl groups is 1. The highest BCUT2D eigenvalue weighted by Gasteiger charge is 2.14. The van der Waals surface area contributed by atoms with Crippen LogP contribution in [0.2, 0.25) is 10.2 Å². The van der Waals surface area contributed by atoms with E-state index in [4.69, 9.17) is 23.2 Å². The minimum absolute atomic E-state index is 0.0351. The topological polar surface area (TPSA) is 50.1 Å². The first kappa shape index (κ1) is 18.9. The van der Waals surface area contributed by atoms with E-state index in [9.17, 15) is 5.11 Å². The van der Waals surface area contributed by atoms with Crippen LogP contribution in [0.4, 0.5) is 0 Å². The van der Waals surface area contributed by atoms with E-state index >= 15 is 0 Å². The Morgan fingerprint density at radius 2 is 1.62 bits per heavy atom. The molecule has 1 aromatic heterocycles. The van der Waals surface area contributed by atoms with E-state index in [-0.39, 0.29) is 6.61 Å². The van der Waals surface area contributed by atoms with Crippen molar-refractivity contribution in [2.45, 2.75) is 33.2 Å². The predicted molar refractivity (Wildman–Crippen MR) is 105 cm³/mol. The Hall–Kier alpha value is -1.85. The Labute approximate surface area is 163 Å². The van der Waals surface area contributed by atoms with Crippen LogP contribution in [0.15, 0.2) is 48.5 Å². The Morgan fingerprint density at radius 3 is 2.31 bits per heavy atom. The smallest absolute Gasteiger partial charge is 0.132 e. The van der Waals surface area contributed by atoms with Crippen molar-refractivity contribution in [1.29, 1.82) is 0 Å². The third-order valence-corrected chi connectivity index (χ3v) is 5.16. The van der Waals surface area contributed by atoms with Crippen LogP contribution in [0.5, 0.6) is 0 Å². The molecule has 0 atom stereocenters. The molecular weight excluding hydrogens is 369 g/mol. The minimum Gasteiger partial charge on any atom is -0.392 e. The van der Waals surface area contributed by atoms with Crippen LogP contribution >= 0.6 is 23.2 Å². The van der Waals surface area contributed by atoms with E-state index in [0.29, 0.717) is 29.8 Å². The fourth-order valence-corrected chi connectivity index (χ4v) is 3.39. The van der Waals surface area contributed by atoms with Crippen molar-refractivity contribution in [3.63, 3.8) is 0 Å². The van der Waals surface area contributed by atoms with E-state index in [2.05, 4.69) is 10.4 Å². The van der Waals surface area contributed by atoms with Gasteiger partial charge < -0.3 is 10.4 Å². The number of nitrogens with one attached hydrogen (secondary N) is 1. The van der Waals surface area contributed by atoms with Crippen LogP contribution in [-0.2, 0) is 26.2 Å². The molecule has 2 N–H and O–H groups in total. The lowest BCUT2D eigenvalue weighted by Gasteiger charge is -2.09. The van der Waals surface area contributed by atoms with Crippen molar-refractivity contribution < 1.29 is 5.11 Å². The summed E-state index contributed by atoms with van der Waals surface area (Å²) < 4.78 is 1.77. The molecule has 0 aliphatic rings. The van der Waals surface area contributed by atoms with Gasteiger partial charge >= 0.3 is 0 Å². The third-order valence-electron chi connectivity index (χ3n) is 4.37. The summed E-state index contributed by atoms with van der Waals surface area (Å²) in [6, 6.07) is 15.5. The molecule has 0 amide bonds. The lowest BCUT2D eigenvalue weighted by molar-refractivity contribution is 0.280. The summed E-state index contributed by atoms with van der Waals surface area (Å²) in [4.78, 5) is 0. The van der Waals surface area contributed by atoms with Gasteiger partial charge in [0.1, 0.15) is 5.15 Å². The van der Waals surface area contributed by atoms with Gasteiger partial charge in [-0.25, -0.2) is 4.68 Å². The van der Waals surface area contributed by atoms with Crippen molar-refractivity contribution in [3.8, 4) is 0 Å². The van der Waals surface area contributed by atoms with Crippen LogP contribution in [0, 0.1) is 6.92 Å². The fourth-order valence-electron chi connectivity index (χ4n) is 2.89. The van der Waals surface area contributed by atoms with E-state index in [1.54, 1.807) is 4.68 Å². The number of hydrogen-bond donors (Lipinski definition) is 2. The van der Waals surface area contributed by atoms with Crippen LogP contribution < -0.4 is 5.32 Å². The second-order valence-electron chi connectivity index (χ2n) is 6.13. The van der Waals surface area contributed by atoms with Gasteiger partial charge in [0, 0.05) is 23.7 Å². The van der Waals surface area contributed by atoms with Gasteiger partial charge in [-0.2, -0.15) is 5.10 Å². The van der Waals surface area contributed by atoms with E-state index in [1.807, 2.05) is 55.5 Å². The van der Waals surface area contributed by atoms with Crippen molar-refractivity contribution in [3.05, 3.63) is 86.7 Å². The zero-order valence-electron chi connectivity index (χ0n) is 14.5. The highest BCUT2D eigenvalue weighted by atomic mass is 35.5. The predicted octanol–water partition coefficient (Wildman–Crippen LogP) is 4.33. The number of nitrogens with zero attached hydrogens (tertiary/aromatic N) is 2. The SMILES string of the molecule is Cc1nn(Cc2ccccc2Cl)c(Cl)c1CNCc1ccccc1CO. The second-order valence-corrected chi connectivity index (χ2v) is 6.90. The quantitative estimate of drug-likeness (QED) is 0.632. The summed E-state index contributed by atoms with van der Waals surface area (Å²) in [5, 5.41) is 18.7. The van der Waals surface area contributed by atoms with Crippen molar-refractivity contribution in [2.75, 3.05) is 0 Å². The molecule has 0 bridgehead atoms. The third kappa shape index (κ3) is 4.27. The molecule has 26 heavy (non-hydrogen) atoms. The summed E-state index contributed by atoms with van der Waals surface area (Å²) in [5.41, 5.74) is 4.85. The normalized spacial score (nSPS) is 11.1. The molecule has 0 aliphatic heterocycles. The number of halogens is 2. The first-order valence-electron chi connectivity index (χ1n) is 8.43. The summed E-state index contributed by atoms with van der Waals surface area (Å²) >= 11 is 12.8. The molecule has 0 saturated heterocycles. The number of benzene rings is 2. The fraction of sp³-hybridized carbons (Fsp3) is 0.250. The first-order valence-corrected chi connectivity index (χ1v) is 9.19. The zero-order valence-corrected chi connectivity index (χ0v) is 16.1. The van der Waals surface area contributed by atoms with Gasteiger partial charge in [-0.1, -0.05) is 65.7 Å². The number of rotatable bonds is 7. The maximum absolute atomic E-state index is 9.42. The van der Waals surface area contributed by atoms with Gasteiger partial charge in [0.15, 0.2) is 0 Å². The molecule has 0 saturated carbocycles. The Kier molecular flexibility index (Phi) is 6.33. The van der Waals surface area contributed by atoms with E-state index in [0.717, 1.165) is 27.9 Å². The molecule has 136 valence electrons. The van der Waals surface area contributed by atoms with Crippen molar-refractivity contribution >= 4 is 23.2 Å². The molecular formula is C20H21Cl2N3O. The van der Waals surface area contributed by atoms with Gasteiger partial charge in [-0.15, -0.1) is 0 Å². The van der Waals surface area contributed by atoms with Crippen LogP contribution in [0.1, 0.15) is 27.9 Å². The summed E-state index contributed by atoms with van der Waals surface area (Å²) in [6.45, 7) is 3.78. The van der Waals surface area contributed by atoms with Crippen LogP contribution in [0.25, 0.3) is 0 Å². The Bertz CT molecular complexity index is 893. The average Bonchev–Trinajstić information content (AvgIpc) is 2.91. The molecule has 6 heteroatoms. The maximum Gasteiger partial charge on any atom is 0.132 e. The molecule has 0 radical (unpaired) electrons. The lowest BCUT2D eigenvalue weighted by Crippen LogP contribution is -2.14. The molecule has 4 nitrogen and oxygen atoms in total. The van der Waals surface area contributed by atoms with Crippen molar-refractivity contribution in [1.82, 2.24) is 15.1 Å². The Morgan fingerprint density at radius 1 is 0.962 bits per heavy atom. The minimum atomic E-state index is 0.0351. The number of hydrogen-bond acceptors (Lipinski definition) is 3. The monoisotopic (exact) mass is 389 g/mol. The standard InChI is InChI=1S/C20H21Cl2N3O/c1-14-18(11-23-10-15-6-2-3-8-17(15)13-26)20(22)25(24-14)12-16-7-4-5-9-19(16)21/h2-9,23,26H,10-13H2,1H3. The summed E-state index contributed by atoms with van der Waals surface area (Å²) in [7, 11) is 0. The number of aryl methyl sites for hydroxylation is 1. The van der Waals surface area contributed by atoms with Gasteiger partial charge in [0.05, 0.1) is 18.8 Å². The van der Waals surface area contributed by atoms with Gasteiger partial charge in [-0.05, 0) is 29.7 Å². The summed E-state index contributed by atoms with van der Waals surface area (Å²) in [6.07, 6.45) is 0. The van der Waals surface area contributed by atoms with Crippen molar-refractivity contribution in [2.24, 2.45) is 0 Å². The van der Waals surface area contributed by atoms with Crippen LogP contribution in [0.3, 0.4) is 0 Å². The summed E-state index contributed by atoms with van der Waals surface area (Å²) in [5.74, 6) is 0.